The molecule has 0 saturated carbocycles. The topological polar surface area (TPSA) is 75.4 Å². The van der Waals surface area contributed by atoms with Crippen molar-refractivity contribution >= 4 is 17.6 Å². The monoisotopic (exact) mass is 280 g/mol. The second-order valence-electron chi connectivity index (χ2n) is 4.14. The largest absolute Gasteiger partial charge is 0.476 e. The molecule has 0 amide bonds. The van der Waals surface area contributed by atoms with Crippen LogP contribution >= 0.6 is 11.6 Å². The Hall–Kier alpha value is -1.85. The van der Waals surface area contributed by atoms with Crippen molar-refractivity contribution in [3.05, 3.63) is 52.4 Å². The Bertz CT molecular complexity index is 583. The first-order valence-electron chi connectivity index (χ1n) is 5.74. The predicted molar refractivity (Wildman–Crippen MR) is 70.2 cm³/mol. The molecular formula is C13H13ClN2O3. The Balaban J connectivity index is 1.96. The highest BCUT2D eigenvalue weighted by Crippen LogP contribution is 2.17. The van der Waals surface area contributed by atoms with Crippen molar-refractivity contribution in [2.75, 3.05) is 0 Å². The summed E-state index contributed by atoms with van der Waals surface area (Å²) in [4.78, 5) is 10.7. The number of hydrogen-bond acceptors (Lipinski definition) is 4. The molecule has 1 aromatic carbocycles. The van der Waals surface area contributed by atoms with E-state index in [9.17, 15) is 4.79 Å². The molecular weight excluding hydrogens is 268 g/mol. The molecule has 0 aliphatic rings. The van der Waals surface area contributed by atoms with E-state index in [-0.39, 0.29) is 11.7 Å². The Labute approximate surface area is 115 Å². The van der Waals surface area contributed by atoms with E-state index in [0.29, 0.717) is 17.3 Å². The summed E-state index contributed by atoms with van der Waals surface area (Å²) in [7, 11) is 0. The zero-order valence-electron chi connectivity index (χ0n) is 10.3. The fourth-order valence-corrected chi connectivity index (χ4v) is 1.84. The van der Waals surface area contributed by atoms with Crippen LogP contribution in [0.4, 0.5) is 0 Å². The van der Waals surface area contributed by atoms with Crippen LogP contribution in [0.25, 0.3) is 0 Å². The first-order chi connectivity index (χ1) is 9.06. The van der Waals surface area contributed by atoms with E-state index in [1.165, 1.54) is 6.07 Å². The maximum atomic E-state index is 10.7. The number of carboxylic acid groups (broad SMARTS) is 1. The number of nitrogens with zero attached hydrogens (tertiary/aromatic N) is 1. The molecule has 0 saturated heterocycles. The molecule has 6 heteroatoms. The summed E-state index contributed by atoms with van der Waals surface area (Å²) in [6, 6.07) is 9.01. The molecule has 0 aliphatic heterocycles. The van der Waals surface area contributed by atoms with Crippen LogP contribution in [0.5, 0.6) is 0 Å². The number of aromatic carboxylic acids is 1. The fourth-order valence-electron chi connectivity index (χ4n) is 1.64. The summed E-state index contributed by atoms with van der Waals surface area (Å²) >= 11 is 5.92. The number of hydrogen-bond donors (Lipinski definition) is 2. The van der Waals surface area contributed by atoms with Gasteiger partial charge in [0.15, 0.2) is 11.5 Å². The predicted octanol–water partition coefficient (Wildman–Crippen LogP) is 2.88. The number of carbonyl (C=O) groups is 1. The lowest BCUT2D eigenvalue weighted by molar-refractivity contribution is 0.0685. The summed E-state index contributed by atoms with van der Waals surface area (Å²) in [5.74, 6) is -0.621. The van der Waals surface area contributed by atoms with E-state index in [0.717, 1.165) is 5.56 Å². The number of benzene rings is 1. The van der Waals surface area contributed by atoms with E-state index in [2.05, 4.69) is 10.5 Å². The first kappa shape index (κ1) is 13.6. The van der Waals surface area contributed by atoms with Crippen LogP contribution in [-0.4, -0.2) is 16.2 Å². The van der Waals surface area contributed by atoms with Crippen LogP contribution in [0.2, 0.25) is 5.02 Å². The lowest BCUT2D eigenvalue weighted by Crippen LogP contribution is -2.17. The van der Waals surface area contributed by atoms with Gasteiger partial charge in [-0.15, -0.1) is 0 Å². The van der Waals surface area contributed by atoms with E-state index in [1.54, 1.807) is 0 Å². The minimum absolute atomic E-state index is 0.0667. The van der Waals surface area contributed by atoms with Gasteiger partial charge in [0.1, 0.15) is 0 Å². The molecule has 2 aromatic rings. The first-order valence-corrected chi connectivity index (χ1v) is 6.12. The van der Waals surface area contributed by atoms with E-state index >= 15 is 0 Å². The van der Waals surface area contributed by atoms with Gasteiger partial charge in [-0.25, -0.2) is 4.79 Å². The van der Waals surface area contributed by atoms with Crippen LogP contribution in [0.1, 0.15) is 34.8 Å². The van der Waals surface area contributed by atoms with Gasteiger partial charge in [0, 0.05) is 17.1 Å². The van der Waals surface area contributed by atoms with Crippen molar-refractivity contribution in [1.82, 2.24) is 10.5 Å². The molecule has 2 rings (SSSR count). The van der Waals surface area contributed by atoms with Gasteiger partial charge < -0.3 is 14.9 Å². The molecule has 0 bridgehead atoms. The highest BCUT2D eigenvalue weighted by molar-refractivity contribution is 6.30. The average Bonchev–Trinajstić information content (AvgIpc) is 2.85. The quantitative estimate of drug-likeness (QED) is 0.881. The number of carboxylic acids is 1. The van der Waals surface area contributed by atoms with Crippen molar-refractivity contribution in [3.8, 4) is 0 Å². The molecule has 1 atom stereocenters. The van der Waals surface area contributed by atoms with Crippen molar-refractivity contribution in [1.29, 1.82) is 0 Å². The maximum Gasteiger partial charge on any atom is 0.358 e. The van der Waals surface area contributed by atoms with Crippen LogP contribution in [0.15, 0.2) is 34.9 Å². The van der Waals surface area contributed by atoms with Crippen molar-refractivity contribution < 1.29 is 14.4 Å². The molecule has 19 heavy (non-hydrogen) atoms. The van der Waals surface area contributed by atoms with Crippen LogP contribution in [0.3, 0.4) is 0 Å². The van der Waals surface area contributed by atoms with Gasteiger partial charge in [-0.1, -0.05) is 28.9 Å². The average molecular weight is 281 g/mol. The molecule has 0 aliphatic carbocycles. The fraction of sp³-hybridized carbons (Fsp3) is 0.231. The van der Waals surface area contributed by atoms with Gasteiger partial charge in [-0.05, 0) is 24.6 Å². The number of rotatable bonds is 5. The zero-order valence-corrected chi connectivity index (χ0v) is 11.0. The number of halogens is 1. The molecule has 2 N–H and O–H groups in total. The van der Waals surface area contributed by atoms with Crippen molar-refractivity contribution in [3.63, 3.8) is 0 Å². The van der Waals surface area contributed by atoms with Gasteiger partial charge in [0.25, 0.3) is 0 Å². The SMILES string of the molecule is CC(NCc1cc(C(=O)O)no1)c1cccc(Cl)c1. The molecule has 0 fully saturated rings. The van der Waals surface area contributed by atoms with Gasteiger partial charge in [0.2, 0.25) is 0 Å². The minimum Gasteiger partial charge on any atom is -0.476 e. The molecule has 100 valence electrons. The third kappa shape index (κ3) is 3.56. The van der Waals surface area contributed by atoms with Gasteiger partial charge in [-0.2, -0.15) is 0 Å². The standard InChI is InChI=1S/C13H13ClN2O3/c1-8(9-3-2-4-10(14)5-9)15-7-11-6-12(13(17)18)16-19-11/h2-6,8,15H,7H2,1H3,(H,17,18). The third-order valence-corrected chi connectivity index (χ3v) is 2.94. The van der Waals surface area contributed by atoms with Crippen molar-refractivity contribution in [2.45, 2.75) is 19.5 Å². The summed E-state index contributed by atoms with van der Waals surface area (Å²) in [6.07, 6.45) is 0. The Morgan fingerprint density at radius 1 is 1.53 bits per heavy atom. The van der Waals surface area contributed by atoms with Gasteiger partial charge >= 0.3 is 5.97 Å². The minimum atomic E-state index is -1.10. The molecule has 1 aromatic heterocycles. The molecule has 1 unspecified atom stereocenters. The molecule has 5 nitrogen and oxygen atoms in total. The lowest BCUT2D eigenvalue weighted by Gasteiger charge is -2.13. The van der Waals surface area contributed by atoms with Crippen molar-refractivity contribution in [2.24, 2.45) is 0 Å². The Kier molecular flexibility index (Phi) is 4.19. The van der Waals surface area contributed by atoms with Crippen LogP contribution in [-0.2, 0) is 6.54 Å². The van der Waals surface area contributed by atoms with Gasteiger partial charge in [-0.3, -0.25) is 0 Å². The number of nitrogens with one attached hydrogen (secondary N) is 1. The third-order valence-electron chi connectivity index (χ3n) is 2.71. The zero-order chi connectivity index (χ0) is 13.8. The second-order valence-corrected chi connectivity index (χ2v) is 4.58. The maximum absolute atomic E-state index is 10.7. The van der Waals surface area contributed by atoms with Crippen LogP contribution < -0.4 is 5.32 Å². The second kappa shape index (κ2) is 5.86. The van der Waals surface area contributed by atoms with E-state index in [1.807, 2.05) is 31.2 Å². The highest BCUT2D eigenvalue weighted by Gasteiger charge is 2.12. The summed E-state index contributed by atoms with van der Waals surface area (Å²) < 4.78 is 4.92. The smallest absolute Gasteiger partial charge is 0.358 e. The summed E-state index contributed by atoms with van der Waals surface area (Å²) in [6.45, 7) is 2.38. The molecule has 0 radical (unpaired) electrons. The number of aromatic nitrogens is 1. The van der Waals surface area contributed by atoms with E-state index < -0.39 is 5.97 Å². The summed E-state index contributed by atoms with van der Waals surface area (Å²) in [5, 5.41) is 16.1. The molecule has 1 heterocycles. The summed E-state index contributed by atoms with van der Waals surface area (Å²) in [5.41, 5.74) is 0.956. The normalized spacial score (nSPS) is 12.3. The van der Waals surface area contributed by atoms with E-state index in [4.69, 9.17) is 21.2 Å². The lowest BCUT2D eigenvalue weighted by atomic mass is 10.1. The highest BCUT2D eigenvalue weighted by atomic mass is 35.5. The van der Waals surface area contributed by atoms with Crippen LogP contribution in [0, 0.1) is 0 Å². The Morgan fingerprint density at radius 3 is 2.95 bits per heavy atom. The molecule has 0 spiro atoms. The van der Waals surface area contributed by atoms with Gasteiger partial charge in [0.05, 0.1) is 6.54 Å². The Morgan fingerprint density at radius 2 is 2.32 bits per heavy atom.